The van der Waals surface area contributed by atoms with E-state index in [9.17, 15) is 4.79 Å². The number of hydrogen-bond donors (Lipinski definition) is 1. The van der Waals surface area contributed by atoms with Crippen molar-refractivity contribution in [2.24, 2.45) is 0 Å². The fourth-order valence-corrected chi connectivity index (χ4v) is 2.87. The first-order chi connectivity index (χ1) is 13.8. The van der Waals surface area contributed by atoms with Crippen LogP contribution in [0.4, 0.5) is 5.69 Å². The van der Waals surface area contributed by atoms with Crippen molar-refractivity contribution in [1.29, 1.82) is 0 Å². The molecule has 0 aliphatic rings. The maximum absolute atomic E-state index is 12.8. The molecular weight excluding hydrogens is 350 g/mol. The van der Waals surface area contributed by atoms with Crippen LogP contribution in [-0.2, 0) is 6.54 Å². The van der Waals surface area contributed by atoms with Gasteiger partial charge in [-0.2, -0.15) is 5.10 Å². The van der Waals surface area contributed by atoms with Gasteiger partial charge in [0.05, 0.1) is 6.54 Å². The standard InChI is InChI=1S/C23H19N3O2/c27-23(18-9-6-12-21(16-18)28-20-10-2-1-3-11-20)25-22-13-5-4-8-19(22)17-26-15-7-14-24-26/h1-16H,17H2,(H,25,27). The first kappa shape index (κ1) is 17.5. The molecule has 5 heteroatoms. The zero-order valence-corrected chi connectivity index (χ0v) is 15.2. The summed E-state index contributed by atoms with van der Waals surface area (Å²) in [5.41, 5.74) is 2.27. The van der Waals surface area contributed by atoms with Crippen LogP contribution in [0.5, 0.6) is 11.5 Å². The molecule has 0 bridgehead atoms. The molecule has 5 nitrogen and oxygen atoms in total. The number of benzene rings is 3. The number of hydrogen-bond acceptors (Lipinski definition) is 3. The van der Waals surface area contributed by atoms with Gasteiger partial charge in [0, 0.05) is 23.6 Å². The minimum Gasteiger partial charge on any atom is -0.457 e. The quantitative estimate of drug-likeness (QED) is 0.522. The van der Waals surface area contributed by atoms with E-state index < -0.39 is 0 Å². The number of carbonyl (C=O) groups is 1. The van der Waals surface area contributed by atoms with Gasteiger partial charge in [-0.25, -0.2) is 0 Å². The van der Waals surface area contributed by atoms with Crippen LogP contribution in [-0.4, -0.2) is 15.7 Å². The summed E-state index contributed by atoms with van der Waals surface area (Å²) >= 11 is 0. The molecule has 0 saturated heterocycles. The topological polar surface area (TPSA) is 56.2 Å². The molecule has 138 valence electrons. The van der Waals surface area contributed by atoms with Crippen LogP contribution in [0.2, 0.25) is 0 Å². The smallest absolute Gasteiger partial charge is 0.255 e. The molecule has 0 spiro atoms. The van der Waals surface area contributed by atoms with E-state index in [4.69, 9.17) is 4.74 Å². The number of amides is 1. The SMILES string of the molecule is O=C(Nc1ccccc1Cn1cccn1)c1cccc(Oc2ccccc2)c1. The van der Waals surface area contributed by atoms with Crippen LogP contribution < -0.4 is 10.1 Å². The van der Waals surface area contributed by atoms with E-state index in [-0.39, 0.29) is 5.91 Å². The van der Waals surface area contributed by atoms with E-state index in [0.717, 1.165) is 17.0 Å². The Bertz CT molecular complexity index is 1060. The molecule has 0 aliphatic heterocycles. The van der Waals surface area contributed by atoms with E-state index in [0.29, 0.717) is 17.9 Å². The van der Waals surface area contributed by atoms with Gasteiger partial charge >= 0.3 is 0 Å². The van der Waals surface area contributed by atoms with Crippen LogP contribution in [0.25, 0.3) is 0 Å². The first-order valence-electron chi connectivity index (χ1n) is 8.97. The predicted octanol–water partition coefficient (Wildman–Crippen LogP) is 4.98. The third kappa shape index (κ3) is 4.27. The highest BCUT2D eigenvalue weighted by Crippen LogP contribution is 2.23. The van der Waals surface area contributed by atoms with Crippen LogP contribution in [0, 0.1) is 0 Å². The lowest BCUT2D eigenvalue weighted by molar-refractivity contribution is 0.102. The lowest BCUT2D eigenvalue weighted by atomic mass is 10.1. The Balaban J connectivity index is 1.51. The number of nitrogens with one attached hydrogen (secondary N) is 1. The number of rotatable bonds is 6. The van der Waals surface area contributed by atoms with Crippen molar-refractivity contribution in [2.45, 2.75) is 6.54 Å². The summed E-state index contributed by atoms with van der Waals surface area (Å²) in [7, 11) is 0. The fraction of sp³-hybridized carbons (Fsp3) is 0.0435. The second-order valence-corrected chi connectivity index (χ2v) is 6.26. The number of para-hydroxylation sites is 2. The molecule has 1 N–H and O–H groups in total. The van der Waals surface area contributed by atoms with E-state index in [1.54, 1.807) is 18.3 Å². The van der Waals surface area contributed by atoms with Crippen LogP contribution >= 0.6 is 0 Å². The summed E-state index contributed by atoms with van der Waals surface area (Å²) in [6, 6.07) is 26.2. The first-order valence-corrected chi connectivity index (χ1v) is 8.97. The van der Waals surface area contributed by atoms with E-state index in [1.165, 1.54) is 0 Å². The molecule has 3 aromatic carbocycles. The van der Waals surface area contributed by atoms with Gasteiger partial charge in [-0.05, 0) is 48.0 Å². The molecule has 0 atom stereocenters. The zero-order valence-electron chi connectivity index (χ0n) is 15.2. The maximum atomic E-state index is 12.8. The third-order valence-corrected chi connectivity index (χ3v) is 4.23. The van der Waals surface area contributed by atoms with E-state index >= 15 is 0 Å². The van der Waals surface area contributed by atoms with Crippen molar-refractivity contribution < 1.29 is 9.53 Å². The van der Waals surface area contributed by atoms with Gasteiger partial charge in [-0.3, -0.25) is 9.48 Å². The third-order valence-electron chi connectivity index (χ3n) is 4.23. The van der Waals surface area contributed by atoms with Crippen molar-refractivity contribution in [2.75, 3.05) is 5.32 Å². The summed E-state index contributed by atoms with van der Waals surface area (Å²) in [4.78, 5) is 12.8. The Morgan fingerprint density at radius 3 is 2.50 bits per heavy atom. The van der Waals surface area contributed by atoms with Gasteiger partial charge in [-0.1, -0.05) is 42.5 Å². The Kier molecular flexibility index (Phi) is 5.15. The second kappa shape index (κ2) is 8.22. The largest absolute Gasteiger partial charge is 0.457 e. The Morgan fingerprint density at radius 2 is 1.68 bits per heavy atom. The predicted molar refractivity (Wildman–Crippen MR) is 109 cm³/mol. The molecule has 0 unspecified atom stereocenters. The second-order valence-electron chi connectivity index (χ2n) is 6.26. The van der Waals surface area contributed by atoms with Gasteiger partial charge < -0.3 is 10.1 Å². The molecular formula is C23H19N3O2. The van der Waals surface area contributed by atoms with Crippen LogP contribution in [0.3, 0.4) is 0 Å². The molecule has 1 amide bonds. The van der Waals surface area contributed by atoms with Gasteiger partial charge in [0.25, 0.3) is 5.91 Å². The molecule has 28 heavy (non-hydrogen) atoms. The summed E-state index contributed by atoms with van der Waals surface area (Å²) in [6.45, 7) is 0.584. The number of carbonyl (C=O) groups excluding carboxylic acids is 1. The van der Waals surface area contributed by atoms with Crippen molar-refractivity contribution >= 4 is 11.6 Å². The Labute approximate surface area is 163 Å². The average molecular weight is 369 g/mol. The lowest BCUT2D eigenvalue weighted by Gasteiger charge is -2.12. The minimum atomic E-state index is -0.188. The molecule has 0 radical (unpaired) electrons. The highest BCUT2D eigenvalue weighted by Gasteiger charge is 2.11. The molecule has 0 aliphatic carbocycles. The van der Waals surface area contributed by atoms with Gasteiger partial charge in [0.15, 0.2) is 0 Å². The number of aromatic nitrogens is 2. The molecule has 4 aromatic rings. The summed E-state index contributed by atoms with van der Waals surface area (Å²) in [5, 5.41) is 7.22. The summed E-state index contributed by atoms with van der Waals surface area (Å²) in [6.07, 6.45) is 3.63. The Morgan fingerprint density at radius 1 is 0.893 bits per heavy atom. The van der Waals surface area contributed by atoms with Gasteiger partial charge in [0.1, 0.15) is 11.5 Å². The number of ether oxygens (including phenoxy) is 1. The van der Waals surface area contributed by atoms with Crippen molar-refractivity contribution in [1.82, 2.24) is 9.78 Å². The summed E-state index contributed by atoms with van der Waals surface area (Å²) < 4.78 is 7.64. The molecule has 1 aromatic heterocycles. The molecule has 0 saturated carbocycles. The zero-order chi connectivity index (χ0) is 19.2. The maximum Gasteiger partial charge on any atom is 0.255 e. The lowest BCUT2D eigenvalue weighted by Crippen LogP contribution is -2.14. The Hall–Kier alpha value is -3.86. The van der Waals surface area contributed by atoms with E-state index in [2.05, 4.69) is 10.4 Å². The fourth-order valence-electron chi connectivity index (χ4n) is 2.87. The van der Waals surface area contributed by atoms with Gasteiger partial charge in [0.2, 0.25) is 0 Å². The van der Waals surface area contributed by atoms with Crippen LogP contribution in [0.15, 0.2) is 97.3 Å². The van der Waals surface area contributed by atoms with Gasteiger partial charge in [-0.15, -0.1) is 0 Å². The highest BCUT2D eigenvalue weighted by molar-refractivity contribution is 6.04. The normalized spacial score (nSPS) is 10.4. The molecule has 0 fully saturated rings. The minimum absolute atomic E-state index is 0.188. The summed E-state index contributed by atoms with van der Waals surface area (Å²) in [5.74, 6) is 1.15. The number of nitrogens with zero attached hydrogens (tertiary/aromatic N) is 2. The monoisotopic (exact) mass is 369 g/mol. The van der Waals surface area contributed by atoms with Crippen molar-refractivity contribution in [3.63, 3.8) is 0 Å². The molecule has 4 rings (SSSR count). The van der Waals surface area contributed by atoms with Crippen molar-refractivity contribution in [3.05, 3.63) is 108 Å². The van der Waals surface area contributed by atoms with Crippen LogP contribution in [0.1, 0.15) is 15.9 Å². The average Bonchev–Trinajstić information content (AvgIpc) is 3.24. The molecule has 1 heterocycles. The highest BCUT2D eigenvalue weighted by atomic mass is 16.5. The van der Waals surface area contributed by atoms with E-state index in [1.807, 2.05) is 83.7 Å². The number of anilines is 1. The van der Waals surface area contributed by atoms with Crippen molar-refractivity contribution in [3.8, 4) is 11.5 Å².